The minimum atomic E-state index is -0.487. The van der Waals surface area contributed by atoms with Crippen LogP contribution in [0.5, 0.6) is 5.75 Å². The molecule has 8 nitrogen and oxygen atoms in total. The first kappa shape index (κ1) is 20.6. The van der Waals surface area contributed by atoms with Crippen molar-refractivity contribution in [3.8, 4) is 28.3 Å². The van der Waals surface area contributed by atoms with Crippen molar-refractivity contribution in [2.24, 2.45) is 7.05 Å². The molecule has 1 unspecified atom stereocenters. The number of aromatic nitrogens is 6. The van der Waals surface area contributed by atoms with Crippen molar-refractivity contribution in [1.29, 1.82) is 0 Å². The fourth-order valence-corrected chi connectivity index (χ4v) is 6.01. The molecule has 1 spiro atoms. The second kappa shape index (κ2) is 6.90. The zero-order valence-corrected chi connectivity index (χ0v) is 19.9. The van der Waals surface area contributed by atoms with Gasteiger partial charge in [-0.2, -0.15) is 20.1 Å². The highest BCUT2D eigenvalue weighted by molar-refractivity contribution is 5.75. The first-order valence-corrected chi connectivity index (χ1v) is 12.1. The molecule has 0 saturated heterocycles. The van der Waals surface area contributed by atoms with Crippen LogP contribution in [-0.4, -0.2) is 29.8 Å². The molecule has 2 aliphatic carbocycles. The quantitative estimate of drug-likeness (QED) is 0.439. The Bertz CT molecular complexity index is 1520. The number of hydrogen-bond acceptors (Lipinski definition) is 6. The van der Waals surface area contributed by atoms with E-state index in [2.05, 4.69) is 16.6 Å². The summed E-state index contributed by atoms with van der Waals surface area (Å²) >= 11 is 0. The van der Waals surface area contributed by atoms with Crippen LogP contribution >= 0.6 is 0 Å². The fourth-order valence-electron chi connectivity index (χ4n) is 6.01. The van der Waals surface area contributed by atoms with Crippen LogP contribution in [0.15, 0.2) is 30.5 Å². The van der Waals surface area contributed by atoms with Gasteiger partial charge in [0.15, 0.2) is 11.6 Å². The third kappa shape index (κ3) is 2.84. The lowest BCUT2D eigenvalue weighted by Gasteiger charge is -2.22. The summed E-state index contributed by atoms with van der Waals surface area (Å²) in [6.07, 6.45) is 4.51. The molecule has 3 aliphatic rings. The van der Waals surface area contributed by atoms with Crippen molar-refractivity contribution in [2.75, 3.05) is 5.73 Å². The van der Waals surface area contributed by atoms with Gasteiger partial charge in [-0.3, -0.25) is 4.68 Å². The summed E-state index contributed by atoms with van der Waals surface area (Å²) in [4.78, 5) is 6.09. The normalized spacial score (nSPS) is 20.9. The molecular weight excluding hydrogens is 445 g/mol. The van der Waals surface area contributed by atoms with Gasteiger partial charge in [0.05, 0.1) is 17.1 Å². The number of nitrogens with two attached hydrogens (primary N) is 1. The monoisotopic (exact) mass is 471 g/mol. The molecule has 1 aromatic carbocycles. The third-order valence-electron chi connectivity index (χ3n) is 7.82. The van der Waals surface area contributed by atoms with E-state index in [0.29, 0.717) is 17.1 Å². The number of rotatable bonds is 1. The maximum atomic E-state index is 14.5. The summed E-state index contributed by atoms with van der Waals surface area (Å²) in [5, 5.41) is 14.8. The Kier molecular flexibility index (Phi) is 4.06. The summed E-state index contributed by atoms with van der Waals surface area (Å²) in [6, 6.07) is 6.70. The number of anilines is 1. The molecule has 3 aromatic heterocycles. The maximum absolute atomic E-state index is 14.5. The molecule has 2 atom stereocenters. The molecule has 4 heterocycles. The predicted octanol–water partition coefficient (Wildman–Crippen LogP) is 4.50. The van der Waals surface area contributed by atoms with Gasteiger partial charge in [0, 0.05) is 53.4 Å². The molecule has 1 saturated carbocycles. The highest BCUT2D eigenvalue weighted by atomic mass is 19.1. The van der Waals surface area contributed by atoms with Gasteiger partial charge in [0.1, 0.15) is 17.6 Å². The van der Waals surface area contributed by atoms with Gasteiger partial charge < -0.3 is 10.5 Å². The van der Waals surface area contributed by atoms with Crippen LogP contribution in [0.4, 0.5) is 10.2 Å². The van der Waals surface area contributed by atoms with Crippen LogP contribution in [-0.2, 0) is 19.0 Å². The Morgan fingerprint density at radius 1 is 1.20 bits per heavy atom. The number of hydrogen-bond donors (Lipinski definition) is 1. The summed E-state index contributed by atoms with van der Waals surface area (Å²) < 4.78 is 22.8. The van der Waals surface area contributed by atoms with Crippen LogP contribution in [0.2, 0.25) is 0 Å². The van der Waals surface area contributed by atoms with Gasteiger partial charge in [-0.05, 0) is 57.4 Å². The molecule has 0 radical (unpaired) electrons. The van der Waals surface area contributed by atoms with Crippen molar-refractivity contribution in [3.05, 3.63) is 58.8 Å². The smallest absolute Gasteiger partial charge is 0.166 e. The van der Waals surface area contributed by atoms with E-state index in [9.17, 15) is 4.39 Å². The summed E-state index contributed by atoms with van der Waals surface area (Å²) in [7, 11) is 1.83. The first-order chi connectivity index (χ1) is 16.9. The van der Waals surface area contributed by atoms with Gasteiger partial charge in [0.2, 0.25) is 0 Å². The molecule has 2 N–H and O–H groups in total. The Morgan fingerprint density at radius 3 is 2.80 bits per heavy atom. The highest BCUT2D eigenvalue weighted by Crippen LogP contribution is 2.63. The van der Waals surface area contributed by atoms with Crippen LogP contribution in [0.1, 0.15) is 67.6 Å². The van der Waals surface area contributed by atoms with Crippen LogP contribution < -0.4 is 10.5 Å². The highest BCUT2D eigenvalue weighted by Gasteiger charge is 2.57. The number of aryl methyl sites for hydroxylation is 2. The number of nitrogens with zero attached hydrogens (tertiary/aromatic N) is 6. The Balaban J connectivity index is 1.59. The van der Waals surface area contributed by atoms with Crippen molar-refractivity contribution in [3.63, 3.8) is 0 Å². The van der Waals surface area contributed by atoms with Crippen LogP contribution in [0, 0.1) is 5.82 Å². The van der Waals surface area contributed by atoms with Crippen molar-refractivity contribution in [2.45, 2.75) is 57.1 Å². The Labute approximate surface area is 201 Å². The van der Waals surface area contributed by atoms with Crippen LogP contribution in [0.3, 0.4) is 0 Å². The SMILES string of the molecule is CCn1nc2c3c1-c1cnc(N)c(c1)O[C@H](C)c1cc(F)ccc1-c1nn(C)nc1C3CC21CC1. The molecule has 35 heavy (non-hydrogen) atoms. The average molecular weight is 472 g/mol. The second-order valence-corrected chi connectivity index (χ2v) is 9.99. The minimum absolute atomic E-state index is 0.0288. The number of fused-ring (bicyclic) bond motifs is 8. The lowest BCUT2D eigenvalue weighted by atomic mass is 9.89. The summed E-state index contributed by atoms with van der Waals surface area (Å²) in [5.74, 6) is 0.466. The van der Waals surface area contributed by atoms with Gasteiger partial charge in [-0.15, -0.1) is 0 Å². The lowest BCUT2D eigenvalue weighted by Crippen LogP contribution is -2.12. The molecule has 2 bridgehead atoms. The number of ether oxygens (including phenoxy) is 1. The average Bonchev–Trinajstić information content (AvgIpc) is 3.21. The molecule has 1 aliphatic heterocycles. The molecule has 1 fully saturated rings. The molecule has 178 valence electrons. The van der Waals surface area contributed by atoms with Gasteiger partial charge in [-0.1, -0.05) is 0 Å². The van der Waals surface area contributed by atoms with E-state index in [1.54, 1.807) is 17.1 Å². The van der Waals surface area contributed by atoms with Crippen molar-refractivity contribution < 1.29 is 9.13 Å². The third-order valence-corrected chi connectivity index (χ3v) is 7.82. The maximum Gasteiger partial charge on any atom is 0.166 e. The Hall–Kier alpha value is -3.75. The standard InChI is InChI=1S/C26H26FN7O/c1-4-34-23-14-9-19(25(28)29-12-14)35-13(2)17-10-15(27)5-6-16(17)21-22(31-33(3)30-21)18-11-26(7-8-26)24(32-34)20(18)23/h5-6,9-10,12-13,18H,4,7-8,11H2,1-3H3,(H2,28,29)/t13-,18?/m1/s1. The zero-order chi connectivity index (χ0) is 24.1. The fraction of sp³-hybridized carbons (Fsp3) is 0.385. The second-order valence-electron chi connectivity index (χ2n) is 9.99. The van der Waals surface area contributed by atoms with E-state index >= 15 is 0 Å². The van der Waals surface area contributed by atoms with Crippen molar-refractivity contribution in [1.82, 2.24) is 29.8 Å². The predicted molar refractivity (Wildman–Crippen MR) is 128 cm³/mol. The van der Waals surface area contributed by atoms with Gasteiger partial charge in [-0.25, -0.2) is 9.37 Å². The summed E-state index contributed by atoms with van der Waals surface area (Å²) in [5.41, 5.74) is 13.8. The van der Waals surface area contributed by atoms with Gasteiger partial charge in [0.25, 0.3) is 0 Å². The molecular formula is C26H26FN7O. The van der Waals surface area contributed by atoms with Crippen LogP contribution in [0.25, 0.3) is 22.5 Å². The zero-order valence-electron chi connectivity index (χ0n) is 19.9. The topological polar surface area (TPSA) is 96.7 Å². The van der Waals surface area contributed by atoms with E-state index in [1.165, 1.54) is 23.4 Å². The van der Waals surface area contributed by atoms with E-state index in [4.69, 9.17) is 25.8 Å². The molecule has 9 heteroatoms. The van der Waals surface area contributed by atoms with E-state index in [-0.39, 0.29) is 17.2 Å². The molecule has 4 aromatic rings. The first-order valence-electron chi connectivity index (χ1n) is 12.1. The number of halogens is 1. The van der Waals surface area contributed by atoms with E-state index in [0.717, 1.165) is 54.0 Å². The minimum Gasteiger partial charge on any atom is -0.482 e. The Morgan fingerprint density at radius 2 is 2.03 bits per heavy atom. The molecule has 7 rings (SSSR count). The van der Waals surface area contributed by atoms with E-state index < -0.39 is 6.10 Å². The number of pyridine rings is 1. The van der Waals surface area contributed by atoms with Crippen molar-refractivity contribution >= 4 is 5.82 Å². The largest absolute Gasteiger partial charge is 0.482 e. The summed E-state index contributed by atoms with van der Waals surface area (Å²) in [6.45, 7) is 4.73. The van der Waals surface area contributed by atoms with E-state index in [1.807, 2.05) is 20.0 Å². The van der Waals surface area contributed by atoms with Gasteiger partial charge >= 0.3 is 0 Å². The number of benzene rings is 1. The lowest BCUT2D eigenvalue weighted by molar-refractivity contribution is 0.227. The molecule has 0 amide bonds. The number of nitrogen functional groups attached to an aromatic ring is 1.